The fourth-order valence-corrected chi connectivity index (χ4v) is 3.20. The van der Waals surface area contributed by atoms with Crippen LogP contribution in [-0.4, -0.2) is 48.1 Å². The molecule has 0 atom stereocenters. The van der Waals surface area contributed by atoms with Crippen LogP contribution in [0.2, 0.25) is 0 Å². The van der Waals surface area contributed by atoms with E-state index in [2.05, 4.69) is 9.71 Å². The molecule has 0 radical (unpaired) electrons. The van der Waals surface area contributed by atoms with Gasteiger partial charge in [-0.25, -0.2) is 18.1 Å². The Bertz CT molecular complexity index is 664. The maximum Gasteiger partial charge on any atom is 0.222 e. The number of nitrogens with one attached hydrogen (secondary N) is 1. The van der Waals surface area contributed by atoms with Crippen LogP contribution in [0, 0.1) is 5.92 Å². The molecule has 122 valence electrons. The minimum absolute atomic E-state index is 0.238. The molecule has 1 amide bonds. The van der Waals surface area contributed by atoms with Crippen LogP contribution in [0.4, 0.5) is 0 Å². The van der Waals surface area contributed by atoms with E-state index in [-0.39, 0.29) is 12.5 Å². The molecule has 0 saturated heterocycles. The predicted octanol–water partition coefficient (Wildman–Crippen LogP) is 0.117. The quantitative estimate of drug-likeness (QED) is 0.833. The molecule has 22 heavy (non-hydrogen) atoms. The highest BCUT2D eigenvalue weighted by Gasteiger charge is 2.28. The summed E-state index contributed by atoms with van der Waals surface area (Å²) >= 11 is 0. The molecule has 1 aliphatic carbocycles. The van der Waals surface area contributed by atoms with Crippen LogP contribution in [0.3, 0.4) is 0 Å². The normalized spacial score (nSPS) is 18.9. The van der Waals surface area contributed by atoms with E-state index in [1.54, 1.807) is 6.20 Å². The van der Waals surface area contributed by atoms with Crippen molar-refractivity contribution in [2.75, 3.05) is 19.3 Å². The van der Waals surface area contributed by atoms with Crippen molar-refractivity contribution in [3.8, 4) is 0 Å². The molecule has 7 nitrogen and oxygen atoms in total. The Morgan fingerprint density at radius 1 is 1.36 bits per heavy atom. The van der Waals surface area contributed by atoms with Crippen molar-refractivity contribution in [1.29, 1.82) is 0 Å². The largest absolute Gasteiger partial charge is 0.340 e. The minimum atomic E-state index is -3.22. The lowest BCUT2D eigenvalue weighted by molar-refractivity contribution is -0.131. The van der Waals surface area contributed by atoms with Crippen molar-refractivity contribution >= 4 is 15.9 Å². The second kappa shape index (κ2) is 6.00. The summed E-state index contributed by atoms with van der Waals surface area (Å²) in [5.41, 5.74) is 0.844. The van der Waals surface area contributed by atoms with E-state index in [0.717, 1.165) is 24.2 Å². The molecular weight excluding hydrogens is 304 g/mol. The molecule has 1 aromatic heterocycles. The lowest BCUT2D eigenvalue weighted by Gasteiger charge is -2.20. The van der Waals surface area contributed by atoms with E-state index in [9.17, 15) is 13.2 Å². The Morgan fingerprint density at radius 2 is 2.14 bits per heavy atom. The van der Waals surface area contributed by atoms with E-state index in [1.165, 1.54) is 12.8 Å². The van der Waals surface area contributed by atoms with E-state index in [1.807, 2.05) is 9.47 Å². The van der Waals surface area contributed by atoms with Gasteiger partial charge in [-0.2, -0.15) is 0 Å². The first kappa shape index (κ1) is 15.5. The van der Waals surface area contributed by atoms with Gasteiger partial charge in [0, 0.05) is 38.7 Å². The SMILES string of the molecule is CS(=O)(=O)NCc1cnc2n1CCN(C(=O)CC1CC1)CC2. The lowest BCUT2D eigenvalue weighted by Crippen LogP contribution is -2.34. The van der Waals surface area contributed by atoms with Gasteiger partial charge < -0.3 is 9.47 Å². The monoisotopic (exact) mass is 326 g/mol. The van der Waals surface area contributed by atoms with Gasteiger partial charge in [0.1, 0.15) is 5.82 Å². The van der Waals surface area contributed by atoms with Crippen molar-refractivity contribution in [2.45, 2.75) is 38.8 Å². The van der Waals surface area contributed by atoms with E-state index >= 15 is 0 Å². The van der Waals surface area contributed by atoms with Crippen molar-refractivity contribution in [2.24, 2.45) is 5.92 Å². The molecule has 1 aromatic rings. The Hall–Kier alpha value is -1.41. The third-order valence-corrected chi connectivity index (χ3v) is 4.92. The van der Waals surface area contributed by atoms with Gasteiger partial charge in [0.05, 0.1) is 18.5 Å². The molecule has 2 heterocycles. The van der Waals surface area contributed by atoms with Crippen molar-refractivity contribution in [1.82, 2.24) is 19.2 Å². The molecule has 0 spiro atoms. The summed E-state index contributed by atoms with van der Waals surface area (Å²) in [4.78, 5) is 18.5. The summed E-state index contributed by atoms with van der Waals surface area (Å²) in [6.07, 6.45) is 6.62. The number of carbonyl (C=O) groups excluding carboxylic acids is 1. The van der Waals surface area contributed by atoms with Crippen molar-refractivity contribution < 1.29 is 13.2 Å². The predicted molar refractivity (Wildman–Crippen MR) is 81.5 cm³/mol. The minimum Gasteiger partial charge on any atom is -0.340 e. The van der Waals surface area contributed by atoms with Crippen molar-refractivity contribution in [3.05, 3.63) is 17.7 Å². The third-order valence-electron chi connectivity index (χ3n) is 4.25. The van der Waals surface area contributed by atoms with Crippen LogP contribution in [0.15, 0.2) is 6.20 Å². The number of rotatable bonds is 5. The number of carbonyl (C=O) groups is 1. The van der Waals surface area contributed by atoms with E-state index in [4.69, 9.17) is 0 Å². The standard InChI is InChI=1S/C14H22N4O3S/c1-22(20,21)16-10-12-9-15-13-4-5-17(6-7-18(12)13)14(19)8-11-2-3-11/h9,11,16H,2-8,10H2,1H3. The maximum atomic E-state index is 12.2. The zero-order valence-electron chi connectivity index (χ0n) is 12.8. The molecular formula is C14H22N4O3S. The Labute approximate surface area is 130 Å². The van der Waals surface area contributed by atoms with Gasteiger partial charge in [-0.05, 0) is 18.8 Å². The lowest BCUT2D eigenvalue weighted by atomic mass is 10.2. The van der Waals surface area contributed by atoms with Gasteiger partial charge in [-0.15, -0.1) is 0 Å². The van der Waals surface area contributed by atoms with Gasteiger partial charge in [0.25, 0.3) is 0 Å². The number of amides is 1. The maximum absolute atomic E-state index is 12.2. The Kier molecular flexibility index (Phi) is 4.22. The van der Waals surface area contributed by atoms with Gasteiger partial charge in [-0.1, -0.05) is 0 Å². The molecule has 0 bridgehead atoms. The molecule has 1 aliphatic heterocycles. The summed E-state index contributed by atoms with van der Waals surface area (Å²) in [6, 6.07) is 0. The van der Waals surface area contributed by atoms with E-state index in [0.29, 0.717) is 32.0 Å². The molecule has 1 saturated carbocycles. The van der Waals surface area contributed by atoms with Gasteiger partial charge in [-0.3, -0.25) is 4.79 Å². The van der Waals surface area contributed by atoms with Crippen molar-refractivity contribution in [3.63, 3.8) is 0 Å². The zero-order valence-corrected chi connectivity index (χ0v) is 13.6. The van der Waals surface area contributed by atoms with Crippen LogP contribution < -0.4 is 4.72 Å². The smallest absolute Gasteiger partial charge is 0.222 e. The number of aromatic nitrogens is 2. The Morgan fingerprint density at radius 3 is 2.82 bits per heavy atom. The summed E-state index contributed by atoms with van der Waals surface area (Å²) in [5, 5.41) is 0. The average Bonchev–Trinajstić information content (AvgIpc) is 3.20. The third kappa shape index (κ3) is 3.86. The summed E-state index contributed by atoms with van der Waals surface area (Å²) < 4.78 is 27.0. The molecule has 1 fully saturated rings. The highest BCUT2D eigenvalue weighted by Crippen LogP contribution is 2.33. The zero-order chi connectivity index (χ0) is 15.7. The van der Waals surface area contributed by atoms with Gasteiger partial charge in [0.15, 0.2) is 0 Å². The highest BCUT2D eigenvalue weighted by molar-refractivity contribution is 7.88. The van der Waals surface area contributed by atoms with Gasteiger partial charge >= 0.3 is 0 Å². The van der Waals surface area contributed by atoms with Crippen LogP contribution in [0.5, 0.6) is 0 Å². The first-order valence-corrected chi connectivity index (χ1v) is 9.57. The number of imidazole rings is 1. The molecule has 8 heteroatoms. The second-order valence-electron chi connectivity index (χ2n) is 6.19. The Balaban J connectivity index is 1.63. The van der Waals surface area contributed by atoms with Crippen LogP contribution in [0.25, 0.3) is 0 Å². The summed E-state index contributed by atoms with van der Waals surface area (Å²) in [7, 11) is -3.22. The highest BCUT2D eigenvalue weighted by atomic mass is 32.2. The summed E-state index contributed by atoms with van der Waals surface area (Å²) in [6.45, 7) is 2.27. The first-order chi connectivity index (χ1) is 10.4. The first-order valence-electron chi connectivity index (χ1n) is 7.68. The molecule has 2 aliphatic rings. The number of hydrogen-bond acceptors (Lipinski definition) is 4. The number of hydrogen-bond donors (Lipinski definition) is 1. The van der Waals surface area contributed by atoms with Gasteiger partial charge in [0.2, 0.25) is 15.9 Å². The molecule has 1 N–H and O–H groups in total. The molecule has 3 rings (SSSR count). The van der Waals surface area contributed by atoms with Crippen LogP contribution in [0.1, 0.15) is 30.8 Å². The second-order valence-corrected chi connectivity index (χ2v) is 8.02. The number of fused-ring (bicyclic) bond motifs is 1. The topological polar surface area (TPSA) is 84.3 Å². The fourth-order valence-electron chi connectivity index (χ4n) is 2.79. The molecule has 0 unspecified atom stereocenters. The number of sulfonamides is 1. The number of nitrogens with zero attached hydrogens (tertiary/aromatic N) is 3. The summed E-state index contributed by atoms with van der Waals surface area (Å²) in [5.74, 6) is 1.76. The van der Waals surface area contributed by atoms with Crippen LogP contribution in [-0.2, 0) is 34.3 Å². The average molecular weight is 326 g/mol. The molecule has 0 aromatic carbocycles. The fraction of sp³-hybridized carbons (Fsp3) is 0.714. The van der Waals surface area contributed by atoms with E-state index < -0.39 is 10.0 Å². The van der Waals surface area contributed by atoms with Crippen LogP contribution >= 0.6 is 0 Å².